The number of hydrogen-bond acceptors (Lipinski definition) is 4. The molecule has 1 amide bonds. The molecule has 0 atom stereocenters. The number of rotatable bonds is 7. The molecule has 0 aliphatic heterocycles. The second-order valence-electron chi connectivity index (χ2n) is 4.93. The van der Waals surface area contributed by atoms with Gasteiger partial charge in [-0.15, -0.1) is 0 Å². The van der Waals surface area contributed by atoms with Gasteiger partial charge in [-0.1, -0.05) is 23.7 Å². The zero-order valence-corrected chi connectivity index (χ0v) is 14.0. The van der Waals surface area contributed by atoms with E-state index in [0.29, 0.717) is 22.9 Å². The Labute approximate surface area is 145 Å². The maximum Gasteiger partial charge on any atom is 0.325 e. The van der Waals surface area contributed by atoms with Gasteiger partial charge in [0.05, 0.1) is 6.61 Å². The molecule has 0 radical (unpaired) electrons. The highest BCUT2D eigenvalue weighted by Crippen LogP contribution is 2.12. The largest absolute Gasteiger partial charge is 0.494 e. The number of hydrogen-bond donors (Lipinski definition) is 1. The molecule has 2 aromatic rings. The molecular formula is C18H18ClNO4. The fraction of sp³-hybridized carbons (Fsp3) is 0.222. The number of benzene rings is 2. The summed E-state index contributed by atoms with van der Waals surface area (Å²) in [4.78, 5) is 23.6. The van der Waals surface area contributed by atoms with Crippen LogP contribution in [0.4, 0.5) is 0 Å². The molecule has 6 heteroatoms. The van der Waals surface area contributed by atoms with Crippen LogP contribution in [0.1, 0.15) is 22.8 Å². The van der Waals surface area contributed by atoms with Gasteiger partial charge in [0.25, 0.3) is 5.91 Å². The highest BCUT2D eigenvalue weighted by Gasteiger charge is 2.09. The molecule has 24 heavy (non-hydrogen) atoms. The number of amides is 1. The van der Waals surface area contributed by atoms with Crippen molar-refractivity contribution in [3.63, 3.8) is 0 Å². The molecule has 5 nitrogen and oxygen atoms in total. The monoisotopic (exact) mass is 347 g/mol. The van der Waals surface area contributed by atoms with E-state index < -0.39 is 5.97 Å². The van der Waals surface area contributed by atoms with Gasteiger partial charge in [0.2, 0.25) is 0 Å². The SMILES string of the molecule is CCOc1ccc(C(=O)NCC(=O)OCc2cccc(Cl)c2)cc1. The molecule has 0 spiro atoms. The minimum atomic E-state index is -0.519. The lowest BCUT2D eigenvalue weighted by molar-refractivity contribution is -0.143. The third kappa shape index (κ3) is 5.59. The first kappa shape index (κ1) is 17.8. The molecule has 126 valence electrons. The molecule has 1 N–H and O–H groups in total. The summed E-state index contributed by atoms with van der Waals surface area (Å²) in [6.07, 6.45) is 0. The van der Waals surface area contributed by atoms with Gasteiger partial charge in [-0.2, -0.15) is 0 Å². The smallest absolute Gasteiger partial charge is 0.325 e. The summed E-state index contributed by atoms with van der Waals surface area (Å²) in [6.45, 7) is 2.35. The predicted octanol–water partition coefficient (Wildman–Crippen LogP) is 3.21. The lowest BCUT2D eigenvalue weighted by Gasteiger charge is -2.08. The molecule has 0 heterocycles. The van der Waals surface area contributed by atoms with Crippen molar-refractivity contribution in [1.82, 2.24) is 5.32 Å². The maximum atomic E-state index is 12.0. The van der Waals surface area contributed by atoms with Crippen molar-refractivity contribution in [3.05, 3.63) is 64.7 Å². The normalized spacial score (nSPS) is 10.1. The first-order valence-corrected chi connectivity index (χ1v) is 7.87. The van der Waals surface area contributed by atoms with Gasteiger partial charge < -0.3 is 14.8 Å². The quantitative estimate of drug-likeness (QED) is 0.781. The number of halogens is 1. The van der Waals surface area contributed by atoms with E-state index in [-0.39, 0.29) is 19.1 Å². The van der Waals surface area contributed by atoms with Crippen molar-refractivity contribution < 1.29 is 19.1 Å². The fourth-order valence-electron chi connectivity index (χ4n) is 1.97. The van der Waals surface area contributed by atoms with Crippen LogP contribution in [0, 0.1) is 0 Å². The average molecular weight is 348 g/mol. The minimum absolute atomic E-state index is 0.109. The van der Waals surface area contributed by atoms with Gasteiger partial charge in [-0.3, -0.25) is 9.59 Å². The van der Waals surface area contributed by atoms with Crippen LogP contribution in [0.5, 0.6) is 5.75 Å². The average Bonchev–Trinajstić information content (AvgIpc) is 2.59. The molecule has 0 bridgehead atoms. The van der Waals surface area contributed by atoms with E-state index in [9.17, 15) is 9.59 Å². The summed E-state index contributed by atoms with van der Waals surface area (Å²) in [7, 11) is 0. The number of nitrogens with one attached hydrogen (secondary N) is 1. The van der Waals surface area contributed by atoms with Crippen molar-refractivity contribution in [2.45, 2.75) is 13.5 Å². The predicted molar refractivity (Wildman–Crippen MR) is 91.2 cm³/mol. The first-order chi connectivity index (χ1) is 11.6. The van der Waals surface area contributed by atoms with Crippen LogP contribution in [-0.2, 0) is 16.1 Å². The van der Waals surface area contributed by atoms with Crippen molar-refractivity contribution in [2.75, 3.05) is 13.2 Å². The van der Waals surface area contributed by atoms with E-state index in [1.54, 1.807) is 48.5 Å². The van der Waals surface area contributed by atoms with Crippen molar-refractivity contribution in [1.29, 1.82) is 0 Å². The molecule has 0 fully saturated rings. The van der Waals surface area contributed by atoms with Crippen LogP contribution < -0.4 is 10.1 Å². The summed E-state index contributed by atoms with van der Waals surface area (Å²) in [5, 5.41) is 3.09. The first-order valence-electron chi connectivity index (χ1n) is 7.49. The Morgan fingerprint density at radius 3 is 2.54 bits per heavy atom. The van der Waals surface area contributed by atoms with Gasteiger partial charge in [-0.05, 0) is 48.9 Å². The van der Waals surface area contributed by atoms with E-state index in [0.717, 1.165) is 5.56 Å². The summed E-state index contributed by atoms with van der Waals surface area (Å²) < 4.78 is 10.4. The minimum Gasteiger partial charge on any atom is -0.494 e. The molecule has 2 rings (SSSR count). The summed E-state index contributed by atoms with van der Waals surface area (Å²) in [5.41, 5.74) is 1.23. The van der Waals surface area contributed by atoms with Gasteiger partial charge >= 0.3 is 5.97 Å². The van der Waals surface area contributed by atoms with Crippen LogP contribution in [0.2, 0.25) is 5.02 Å². The Balaban J connectivity index is 1.77. The van der Waals surface area contributed by atoms with Crippen LogP contribution in [0.3, 0.4) is 0 Å². The van der Waals surface area contributed by atoms with Crippen LogP contribution in [-0.4, -0.2) is 25.0 Å². The third-order valence-electron chi connectivity index (χ3n) is 3.11. The standard InChI is InChI=1S/C18H18ClNO4/c1-2-23-16-8-6-14(7-9-16)18(22)20-11-17(21)24-12-13-4-3-5-15(19)10-13/h3-10H,2,11-12H2,1H3,(H,20,22). The van der Waals surface area contributed by atoms with Crippen LogP contribution >= 0.6 is 11.6 Å². The topological polar surface area (TPSA) is 64.6 Å². The van der Waals surface area contributed by atoms with E-state index in [4.69, 9.17) is 21.1 Å². The van der Waals surface area contributed by atoms with Crippen LogP contribution in [0.25, 0.3) is 0 Å². The lowest BCUT2D eigenvalue weighted by atomic mass is 10.2. The Morgan fingerprint density at radius 2 is 1.88 bits per heavy atom. The summed E-state index contributed by atoms with van der Waals surface area (Å²) in [5.74, 6) is -0.179. The highest BCUT2D eigenvalue weighted by atomic mass is 35.5. The molecule has 0 saturated carbocycles. The van der Waals surface area contributed by atoms with Crippen molar-refractivity contribution in [2.24, 2.45) is 0 Å². The molecular weight excluding hydrogens is 330 g/mol. The van der Waals surface area contributed by atoms with E-state index in [1.165, 1.54) is 0 Å². The van der Waals surface area contributed by atoms with E-state index in [2.05, 4.69) is 5.32 Å². The second kappa shape index (κ2) is 8.93. The molecule has 0 unspecified atom stereocenters. The number of esters is 1. The third-order valence-corrected chi connectivity index (χ3v) is 3.34. The zero-order chi connectivity index (χ0) is 17.4. The Morgan fingerprint density at radius 1 is 1.12 bits per heavy atom. The summed E-state index contributed by atoms with van der Waals surface area (Å²) in [6, 6.07) is 13.7. The van der Waals surface area contributed by atoms with E-state index >= 15 is 0 Å². The van der Waals surface area contributed by atoms with Gasteiger partial charge in [0, 0.05) is 10.6 Å². The Kier molecular flexibility index (Phi) is 6.63. The Bertz CT molecular complexity index is 700. The fourth-order valence-corrected chi connectivity index (χ4v) is 2.18. The van der Waals surface area contributed by atoms with Crippen LogP contribution in [0.15, 0.2) is 48.5 Å². The van der Waals surface area contributed by atoms with E-state index in [1.807, 2.05) is 6.92 Å². The van der Waals surface area contributed by atoms with Crippen molar-refractivity contribution >= 4 is 23.5 Å². The van der Waals surface area contributed by atoms with Crippen molar-refractivity contribution in [3.8, 4) is 5.75 Å². The summed E-state index contributed by atoms with van der Waals surface area (Å²) >= 11 is 5.86. The molecule has 0 aliphatic rings. The number of carbonyl (C=O) groups excluding carboxylic acids is 2. The molecule has 0 aromatic heterocycles. The molecule has 0 aliphatic carbocycles. The number of carbonyl (C=O) groups is 2. The van der Waals surface area contributed by atoms with Gasteiger partial charge in [0.1, 0.15) is 18.9 Å². The molecule has 2 aromatic carbocycles. The maximum absolute atomic E-state index is 12.0. The second-order valence-corrected chi connectivity index (χ2v) is 5.37. The number of ether oxygens (including phenoxy) is 2. The van der Waals surface area contributed by atoms with Gasteiger partial charge in [0.15, 0.2) is 0 Å². The zero-order valence-electron chi connectivity index (χ0n) is 13.3. The highest BCUT2D eigenvalue weighted by molar-refractivity contribution is 6.30. The molecule has 0 saturated heterocycles. The van der Waals surface area contributed by atoms with Gasteiger partial charge in [-0.25, -0.2) is 0 Å². The lowest BCUT2D eigenvalue weighted by Crippen LogP contribution is -2.30. The Hall–Kier alpha value is -2.53.